The lowest BCUT2D eigenvalue weighted by atomic mass is 10.1. The van der Waals surface area contributed by atoms with Crippen LogP contribution in [0.3, 0.4) is 0 Å². The zero-order chi connectivity index (χ0) is 14.7. The highest BCUT2D eigenvalue weighted by Gasteiger charge is 2.10. The molecule has 2 rings (SSSR count). The average molecular weight is 375 g/mol. The molecule has 2 aromatic carbocycles. The Morgan fingerprint density at radius 1 is 1.10 bits per heavy atom. The third kappa shape index (κ3) is 4.13. The molecule has 0 radical (unpaired) electrons. The lowest BCUT2D eigenvalue weighted by molar-refractivity contribution is 0.471. The van der Waals surface area contributed by atoms with Crippen LogP contribution in [0.15, 0.2) is 40.9 Å². The van der Waals surface area contributed by atoms with E-state index in [1.165, 1.54) is 0 Å². The first-order chi connectivity index (χ1) is 9.45. The molecular formula is C15H14BrCl2NO. The molecule has 0 aliphatic heterocycles. The second-order valence-corrected chi connectivity index (χ2v) is 6.34. The van der Waals surface area contributed by atoms with E-state index >= 15 is 0 Å². The lowest BCUT2D eigenvalue weighted by Gasteiger charge is -2.14. The molecule has 106 valence electrons. The van der Waals surface area contributed by atoms with Crippen molar-refractivity contribution in [2.75, 3.05) is 0 Å². The van der Waals surface area contributed by atoms with Gasteiger partial charge in [0.25, 0.3) is 0 Å². The SMILES string of the molecule is CC(N)Cc1cc(Cl)ccc1Oc1ccc(Cl)cc1Br. The minimum atomic E-state index is 0.0319. The maximum atomic E-state index is 6.03. The van der Waals surface area contributed by atoms with Crippen molar-refractivity contribution in [3.63, 3.8) is 0 Å². The summed E-state index contributed by atoms with van der Waals surface area (Å²) in [6.07, 6.45) is 0.696. The molecule has 0 aliphatic carbocycles. The van der Waals surface area contributed by atoms with Crippen molar-refractivity contribution in [1.82, 2.24) is 0 Å². The van der Waals surface area contributed by atoms with Crippen LogP contribution in [0.2, 0.25) is 10.0 Å². The fraction of sp³-hybridized carbons (Fsp3) is 0.200. The summed E-state index contributed by atoms with van der Waals surface area (Å²) in [5.41, 5.74) is 6.84. The average Bonchev–Trinajstić information content (AvgIpc) is 2.34. The molecular weight excluding hydrogens is 361 g/mol. The van der Waals surface area contributed by atoms with Gasteiger partial charge in [0.1, 0.15) is 11.5 Å². The Bertz CT molecular complexity index is 617. The largest absolute Gasteiger partial charge is 0.456 e. The van der Waals surface area contributed by atoms with Crippen LogP contribution in [0.25, 0.3) is 0 Å². The van der Waals surface area contributed by atoms with Gasteiger partial charge in [-0.25, -0.2) is 0 Å². The van der Waals surface area contributed by atoms with Crippen molar-refractivity contribution in [3.05, 3.63) is 56.5 Å². The molecule has 0 saturated carbocycles. The van der Waals surface area contributed by atoms with Crippen molar-refractivity contribution in [3.8, 4) is 11.5 Å². The predicted octanol–water partition coefficient (Wildman–Crippen LogP) is 5.44. The summed E-state index contributed by atoms with van der Waals surface area (Å²) in [5.74, 6) is 1.44. The number of hydrogen-bond acceptors (Lipinski definition) is 2. The van der Waals surface area contributed by atoms with Gasteiger partial charge in [0, 0.05) is 16.1 Å². The van der Waals surface area contributed by atoms with Gasteiger partial charge in [-0.1, -0.05) is 23.2 Å². The third-order valence-corrected chi connectivity index (χ3v) is 3.77. The van der Waals surface area contributed by atoms with E-state index in [4.69, 9.17) is 33.7 Å². The maximum Gasteiger partial charge on any atom is 0.141 e. The minimum absolute atomic E-state index is 0.0319. The maximum absolute atomic E-state index is 6.03. The van der Waals surface area contributed by atoms with Crippen LogP contribution < -0.4 is 10.5 Å². The van der Waals surface area contributed by atoms with Gasteiger partial charge in [-0.3, -0.25) is 0 Å². The van der Waals surface area contributed by atoms with Gasteiger partial charge in [-0.15, -0.1) is 0 Å². The summed E-state index contributed by atoms with van der Waals surface area (Å²) in [4.78, 5) is 0. The van der Waals surface area contributed by atoms with E-state index < -0.39 is 0 Å². The molecule has 0 aromatic heterocycles. The number of halogens is 3. The molecule has 0 saturated heterocycles. The Labute approximate surface area is 137 Å². The number of rotatable bonds is 4. The first-order valence-corrected chi connectivity index (χ1v) is 7.67. The molecule has 2 aromatic rings. The van der Waals surface area contributed by atoms with E-state index in [0.29, 0.717) is 22.2 Å². The first-order valence-electron chi connectivity index (χ1n) is 6.12. The molecule has 0 heterocycles. The Kier molecular flexibility index (Phi) is 5.33. The molecule has 1 unspecified atom stereocenters. The quantitative estimate of drug-likeness (QED) is 0.773. The second-order valence-electron chi connectivity index (χ2n) is 4.61. The molecule has 1 atom stereocenters. The molecule has 2 nitrogen and oxygen atoms in total. The molecule has 2 N–H and O–H groups in total. The Morgan fingerprint density at radius 2 is 1.70 bits per heavy atom. The number of hydrogen-bond donors (Lipinski definition) is 1. The number of nitrogens with two attached hydrogens (primary N) is 1. The highest BCUT2D eigenvalue weighted by atomic mass is 79.9. The van der Waals surface area contributed by atoms with Crippen LogP contribution in [0.4, 0.5) is 0 Å². The van der Waals surface area contributed by atoms with Gasteiger partial charge in [0.05, 0.1) is 4.47 Å². The predicted molar refractivity (Wildman–Crippen MR) is 88.0 cm³/mol. The van der Waals surface area contributed by atoms with Gasteiger partial charge in [-0.2, -0.15) is 0 Å². The second kappa shape index (κ2) is 6.81. The minimum Gasteiger partial charge on any atom is -0.456 e. The summed E-state index contributed by atoms with van der Waals surface area (Å²) in [6, 6.07) is 10.9. The van der Waals surface area contributed by atoms with E-state index in [1.807, 2.05) is 25.1 Å². The van der Waals surface area contributed by atoms with Crippen molar-refractivity contribution >= 4 is 39.1 Å². The number of benzene rings is 2. The van der Waals surface area contributed by atoms with Gasteiger partial charge in [-0.05, 0) is 71.2 Å². The van der Waals surface area contributed by atoms with Crippen LogP contribution in [0.5, 0.6) is 11.5 Å². The van der Waals surface area contributed by atoms with Gasteiger partial charge in [0.2, 0.25) is 0 Å². The third-order valence-electron chi connectivity index (χ3n) is 2.68. The fourth-order valence-corrected chi connectivity index (χ4v) is 2.79. The van der Waals surface area contributed by atoms with Crippen LogP contribution in [-0.4, -0.2) is 6.04 Å². The molecule has 5 heteroatoms. The van der Waals surface area contributed by atoms with Crippen LogP contribution in [0.1, 0.15) is 12.5 Å². The van der Waals surface area contributed by atoms with Crippen molar-refractivity contribution < 1.29 is 4.74 Å². The zero-order valence-electron chi connectivity index (χ0n) is 10.9. The Balaban J connectivity index is 2.32. The zero-order valence-corrected chi connectivity index (χ0v) is 14.0. The van der Waals surface area contributed by atoms with Crippen molar-refractivity contribution in [1.29, 1.82) is 0 Å². The molecule has 0 bridgehead atoms. The molecule has 0 fully saturated rings. The summed E-state index contributed by atoms with van der Waals surface area (Å²) in [5, 5.41) is 1.32. The fourth-order valence-electron chi connectivity index (χ4n) is 1.83. The van der Waals surface area contributed by atoms with Crippen molar-refractivity contribution in [2.24, 2.45) is 5.73 Å². The number of ether oxygens (including phenoxy) is 1. The molecule has 0 spiro atoms. The highest BCUT2D eigenvalue weighted by molar-refractivity contribution is 9.10. The van der Waals surface area contributed by atoms with E-state index in [9.17, 15) is 0 Å². The summed E-state index contributed by atoms with van der Waals surface area (Å²) in [6.45, 7) is 1.95. The van der Waals surface area contributed by atoms with Gasteiger partial charge >= 0.3 is 0 Å². The smallest absolute Gasteiger partial charge is 0.141 e. The van der Waals surface area contributed by atoms with Gasteiger partial charge < -0.3 is 10.5 Å². The van der Waals surface area contributed by atoms with Crippen LogP contribution >= 0.6 is 39.1 Å². The Hall–Kier alpha value is -0.740. The van der Waals surface area contributed by atoms with E-state index in [-0.39, 0.29) is 6.04 Å². The summed E-state index contributed by atoms with van der Waals surface area (Å²) < 4.78 is 6.73. The lowest BCUT2D eigenvalue weighted by Crippen LogP contribution is -2.18. The molecule has 0 amide bonds. The normalized spacial score (nSPS) is 12.2. The summed E-state index contributed by atoms with van der Waals surface area (Å²) in [7, 11) is 0. The standard InChI is InChI=1S/C15H14BrCl2NO/c1-9(19)6-10-7-11(17)2-4-14(10)20-15-5-3-12(18)8-13(15)16/h2-5,7-9H,6,19H2,1H3. The van der Waals surface area contributed by atoms with E-state index in [2.05, 4.69) is 15.9 Å². The summed E-state index contributed by atoms with van der Waals surface area (Å²) >= 11 is 15.4. The monoisotopic (exact) mass is 373 g/mol. The van der Waals surface area contributed by atoms with Crippen LogP contribution in [0, 0.1) is 0 Å². The van der Waals surface area contributed by atoms with E-state index in [1.54, 1.807) is 18.2 Å². The molecule has 0 aliphatic rings. The molecule has 20 heavy (non-hydrogen) atoms. The highest BCUT2D eigenvalue weighted by Crippen LogP contribution is 2.34. The van der Waals surface area contributed by atoms with Crippen molar-refractivity contribution in [2.45, 2.75) is 19.4 Å². The van der Waals surface area contributed by atoms with E-state index in [0.717, 1.165) is 15.8 Å². The topological polar surface area (TPSA) is 35.2 Å². The van der Waals surface area contributed by atoms with Crippen LogP contribution in [-0.2, 0) is 6.42 Å². The van der Waals surface area contributed by atoms with Gasteiger partial charge in [0.15, 0.2) is 0 Å². The first kappa shape index (κ1) is 15.6. The Morgan fingerprint density at radius 3 is 2.30 bits per heavy atom.